The molecule has 1 heterocycles. The minimum atomic E-state index is 0.417. The Bertz CT molecular complexity index is 554. The first-order valence-electron chi connectivity index (χ1n) is 5.75. The van der Waals surface area contributed by atoms with E-state index in [0.717, 1.165) is 37.3 Å². The number of hydrogen-bond acceptors (Lipinski definition) is 4. The van der Waals surface area contributed by atoms with Gasteiger partial charge >= 0.3 is 0 Å². The van der Waals surface area contributed by atoms with Crippen LogP contribution < -0.4 is 10.5 Å². The zero-order valence-electron chi connectivity index (χ0n) is 10.7. The van der Waals surface area contributed by atoms with Crippen LogP contribution in [0.3, 0.4) is 0 Å². The number of aromatic nitrogens is 1. The molecular weight excluding hydrogens is 376 g/mol. The van der Waals surface area contributed by atoms with Gasteiger partial charge in [-0.3, -0.25) is 0 Å². The minimum absolute atomic E-state index is 0.417. The normalized spacial score (nSPS) is 10.8. The van der Waals surface area contributed by atoms with Crippen LogP contribution in [-0.4, -0.2) is 5.16 Å². The molecule has 2 N–H and O–H groups in total. The van der Waals surface area contributed by atoms with Crippen LogP contribution in [0, 0.1) is 13.8 Å². The highest BCUT2D eigenvalue weighted by atomic mass is 79.9. The van der Waals surface area contributed by atoms with Gasteiger partial charge in [-0.2, -0.15) is 0 Å². The Morgan fingerprint density at radius 1 is 1.26 bits per heavy atom. The van der Waals surface area contributed by atoms with E-state index in [-0.39, 0.29) is 0 Å². The third-order valence-electron chi connectivity index (χ3n) is 2.84. The molecule has 0 amide bonds. The first-order valence-corrected chi connectivity index (χ1v) is 7.34. The zero-order chi connectivity index (χ0) is 14.0. The summed E-state index contributed by atoms with van der Waals surface area (Å²) in [7, 11) is 0. The van der Waals surface area contributed by atoms with E-state index in [0.29, 0.717) is 13.2 Å². The SMILES string of the molecule is Cc1noc(C)c1COc1c(Br)cc(CN)cc1Br. The summed E-state index contributed by atoms with van der Waals surface area (Å²) >= 11 is 6.98. The zero-order valence-corrected chi connectivity index (χ0v) is 13.8. The molecule has 6 heteroatoms. The van der Waals surface area contributed by atoms with Crippen molar-refractivity contribution in [2.45, 2.75) is 27.0 Å². The van der Waals surface area contributed by atoms with Crippen LogP contribution >= 0.6 is 31.9 Å². The number of hydrogen-bond donors (Lipinski definition) is 1. The van der Waals surface area contributed by atoms with Gasteiger partial charge in [-0.15, -0.1) is 0 Å². The molecule has 2 aromatic rings. The van der Waals surface area contributed by atoms with Gasteiger partial charge in [0.25, 0.3) is 0 Å². The van der Waals surface area contributed by atoms with Crippen molar-refractivity contribution in [3.05, 3.63) is 43.7 Å². The lowest BCUT2D eigenvalue weighted by Gasteiger charge is -2.11. The van der Waals surface area contributed by atoms with Crippen LogP contribution in [0.2, 0.25) is 0 Å². The van der Waals surface area contributed by atoms with E-state index in [1.54, 1.807) is 0 Å². The second kappa shape index (κ2) is 6.07. The molecule has 2 rings (SSSR count). The first kappa shape index (κ1) is 14.6. The molecule has 0 atom stereocenters. The largest absolute Gasteiger partial charge is 0.486 e. The second-order valence-corrected chi connectivity index (χ2v) is 5.89. The Hall–Kier alpha value is -0.850. The Kier molecular flexibility index (Phi) is 4.65. The maximum Gasteiger partial charge on any atom is 0.148 e. The fraction of sp³-hybridized carbons (Fsp3) is 0.308. The molecule has 102 valence electrons. The van der Waals surface area contributed by atoms with Crippen molar-refractivity contribution >= 4 is 31.9 Å². The molecule has 0 spiro atoms. The molecule has 0 aliphatic rings. The third kappa shape index (κ3) is 3.19. The quantitative estimate of drug-likeness (QED) is 0.862. The van der Waals surface area contributed by atoms with Crippen molar-refractivity contribution in [1.82, 2.24) is 5.16 Å². The van der Waals surface area contributed by atoms with Gasteiger partial charge in [-0.25, -0.2) is 0 Å². The summed E-state index contributed by atoms with van der Waals surface area (Å²) in [6, 6.07) is 3.90. The highest BCUT2D eigenvalue weighted by Gasteiger charge is 2.13. The molecule has 0 saturated carbocycles. The average molecular weight is 390 g/mol. The number of nitrogens with two attached hydrogens (primary N) is 1. The molecule has 4 nitrogen and oxygen atoms in total. The topological polar surface area (TPSA) is 61.3 Å². The maximum atomic E-state index is 5.84. The van der Waals surface area contributed by atoms with Crippen molar-refractivity contribution < 1.29 is 9.26 Å². The predicted octanol–water partition coefficient (Wildman–Crippen LogP) is 3.85. The molecule has 0 fully saturated rings. The van der Waals surface area contributed by atoms with Gasteiger partial charge in [-0.1, -0.05) is 5.16 Å². The third-order valence-corrected chi connectivity index (χ3v) is 4.01. The average Bonchev–Trinajstić information content (AvgIpc) is 2.68. The predicted molar refractivity (Wildman–Crippen MR) is 80.0 cm³/mol. The fourth-order valence-electron chi connectivity index (χ4n) is 1.72. The van der Waals surface area contributed by atoms with Crippen molar-refractivity contribution in [1.29, 1.82) is 0 Å². The molecule has 0 saturated heterocycles. The van der Waals surface area contributed by atoms with Crippen LogP contribution in [0.15, 0.2) is 25.6 Å². The van der Waals surface area contributed by atoms with Crippen molar-refractivity contribution in [3.8, 4) is 5.75 Å². The molecule has 0 aliphatic carbocycles. The van der Waals surface area contributed by atoms with Crippen LogP contribution in [0.4, 0.5) is 0 Å². The molecule has 0 bridgehead atoms. The van der Waals surface area contributed by atoms with Gasteiger partial charge in [0.1, 0.15) is 18.1 Å². The molecule has 0 radical (unpaired) electrons. The Morgan fingerprint density at radius 2 is 1.89 bits per heavy atom. The van der Waals surface area contributed by atoms with E-state index in [1.165, 1.54) is 0 Å². The monoisotopic (exact) mass is 388 g/mol. The number of rotatable bonds is 4. The molecule has 0 aliphatic heterocycles. The second-order valence-electron chi connectivity index (χ2n) is 4.18. The van der Waals surface area contributed by atoms with Gasteiger partial charge in [0, 0.05) is 6.54 Å². The van der Waals surface area contributed by atoms with E-state index in [9.17, 15) is 0 Å². The van der Waals surface area contributed by atoms with Gasteiger partial charge in [0.2, 0.25) is 0 Å². The molecular formula is C13H14Br2N2O2. The lowest BCUT2D eigenvalue weighted by molar-refractivity contribution is 0.298. The Balaban J connectivity index is 2.20. The highest BCUT2D eigenvalue weighted by molar-refractivity contribution is 9.11. The van der Waals surface area contributed by atoms with Gasteiger partial charge in [-0.05, 0) is 63.4 Å². The summed E-state index contributed by atoms with van der Waals surface area (Å²) in [4.78, 5) is 0. The Morgan fingerprint density at radius 3 is 2.37 bits per heavy atom. The van der Waals surface area contributed by atoms with E-state index >= 15 is 0 Å². The van der Waals surface area contributed by atoms with Crippen molar-refractivity contribution in [2.24, 2.45) is 5.73 Å². The lowest BCUT2D eigenvalue weighted by atomic mass is 10.2. The number of nitrogens with zero attached hydrogens (tertiary/aromatic N) is 1. The summed E-state index contributed by atoms with van der Waals surface area (Å²) < 4.78 is 12.7. The minimum Gasteiger partial charge on any atom is -0.486 e. The summed E-state index contributed by atoms with van der Waals surface area (Å²) in [5.41, 5.74) is 8.48. The summed E-state index contributed by atoms with van der Waals surface area (Å²) in [5, 5.41) is 3.91. The van der Waals surface area contributed by atoms with Crippen molar-refractivity contribution in [2.75, 3.05) is 0 Å². The first-order chi connectivity index (χ1) is 9.02. The van der Waals surface area contributed by atoms with Crippen LogP contribution in [-0.2, 0) is 13.2 Å². The number of halogens is 2. The fourth-order valence-corrected chi connectivity index (χ4v) is 3.23. The van der Waals surface area contributed by atoms with Crippen LogP contribution in [0.1, 0.15) is 22.6 Å². The van der Waals surface area contributed by atoms with Crippen LogP contribution in [0.25, 0.3) is 0 Å². The highest BCUT2D eigenvalue weighted by Crippen LogP contribution is 2.35. The molecule has 1 aromatic carbocycles. The molecule has 0 unspecified atom stereocenters. The number of benzene rings is 1. The van der Waals surface area contributed by atoms with Gasteiger partial charge < -0.3 is 15.0 Å². The van der Waals surface area contributed by atoms with E-state index in [1.807, 2.05) is 26.0 Å². The number of aryl methyl sites for hydroxylation is 2. The van der Waals surface area contributed by atoms with E-state index in [2.05, 4.69) is 37.0 Å². The smallest absolute Gasteiger partial charge is 0.148 e. The standard InChI is InChI=1S/C13H14Br2N2O2/c1-7-10(8(2)19-17-7)6-18-13-11(14)3-9(5-16)4-12(13)15/h3-4H,5-6,16H2,1-2H3. The van der Waals surface area contributed by atoms with Crippen molar-refractivity contribution in [3.63, 3.8) is 0 Å². The van der Waals surface area contributed by atoms with Crippen LogP contribution in [0.5, 0.6) is 5.75 Å². The maximum absolute atomic E-state index is 5.84. The molecule has 19 heavy (non-hydrogen) atoms. The summed E-state index contributed by atoms with van der Waals surface area (Å²) in [6.07, 6.45) is 0. The number of ether oxygens (including phenoxy) is 1. The molecule has 1 aromatic heterocycles. The van der Waals surface area contributed by atoms with E-state index in [4.69, 9.17) is 15.0 Å². The Labute approximate surface area is 128 Å². The lowest BCUT2D eigenvalue weighted by Crippen LogP contribution is -2.01. The summed E-state index contributed by atoms with van der Waals surface area (Å²) in [5.74, 6) is 1.53. The van der Waals surface area contributed by atoms with Gasteiger partial charge in [0.15, 0.2) is 0 Å². The van der Waals surface area contributed by atoms with Gasteiger partial charge in [0.05, 0.1) is 20.2 Å². The summed E-state index contributed by atoms with van der Waals surface area (Å²) in [6.45, 7) is 4.68. The van der Waals surface area contributed by atoms with E-state index < -0.39 is 0 Å².